The summed E-state index contributed by atoms with van der Waals surface area (Å²) in [6.07, 6.45) is 12.0. The lowest BCUT2D eigenvalue weighted by molar-refractivity contribution is -0.123. The predicted molar refractivity (Wildman–Crippen MR) is 61.0 cm³/mol. The van der Waals surface area contributed by atoms with Gasteiger partial charge in [-0.1, -0.05) is 6.08 Å². The molecule has 0 aromatic carbocycles. The zero-order chi connectivity index (χ0) is 11.4. The summed E-state index contributed by atoms with van der Waals surface area (Å²) in [6.45, 7) is 0. The second kappa shape index (κ2) is 4.83. The zero-order valence-electron chi connectivity index (χ0n) is 9.65. The maximum atomic E-state index is 11.0. The second-order valence-electron chi connectivity index (χ2n) is 4.47. The van der Waals surface area contributed by atoms with Crippen LogP contribution in [0.15, 0.2) is 24.0 Å². The van der Waals surface area contributed by atoms with Gasteiger partial charge in [0.05, 0.1) is 6.10 Å². The van der Waals surface area contributed by atoms with Crippen molar-refractivity contribution >= 4 is 6.29 Å². The predicted octanol–water partition coefficient (Wildman–Crippen LogP) is 2.37. The number of ether oxygens (including phenoxy) is 2. The number of rotatable bonds is 4. The second-order valence-corrected chi connectivity index (χ2v) is 4.47. The summed E-state index contributed by atoms with van der Waals surface area (Å²) in [4.78, 5) is 11.0. The minimum atomic E-state index is -0.817. The molecule has 0 aromatic heterocycles. The van der Waals surface area contributed by atoms with Gasteiger partial charge >= 0.3 is 0 Å². The molecule has 1 saturated carbocycles. The molecule has 2 aliphatic rings. The Balaban J connectivity index is 1.98. The highest BCUT2D eigenvalue weighted by molar-refractivity contribution is 5.67. The maximum absolute atomic E-state index is 11.0. The lowest BCUT2D eigenvalue weighted by atomic mass is 9.95. The van der Waals surface area contributed by atoms with E-state index in [2.05, 4.69) is 0 Å². The van der Waals surface area contributed by atoms with E-state index in [-0.39, 0.29) is 0 Å². The highest BCUT2D eigenvalue weighted by Gasteiger charge is 2.31. The van der Waals surface area contributed by atoms with E-state index < -0.39 is 5.60 Å². The van der Waals surface area contributed by atoms with Gasteiger partial charge in [-0.2, -0.15) is 0 Å². The van der Waals surface area contributed by atoms with Gasteiger partial charge in [-0.3, -0.25) is 4.79 Å². The van der Waals surface area contributed by atoms with Crippen molar-refractivity contribution < 1.29 is 14.3 Å². The van der Waals surface area contributed by atoms with Crippen LogP contribution in [-0.2, 0) is 14.3 Å². The Kier molecular flexibility index (Phi) is 3.44. The average molecular weight is 222 g/mol. The van der Waals surface area contributed by atoms with Crippen molar-refractivity contribution in [2.75, 3.05) is 7.11 Å². The molecule has 0 bridgehead atoms. The van der Waals surface area contributed by atoms with Gasteiger partial charge in [-0.15, -0.1) is 0 Å². The van der Waals surface area contributed by atoms with Crippen LogP contribution >= 0.6 is 0 Å². The van der Waals surface area contributed by atoms with Gasteiger partial charge in [0.2, 0.25) is 0 Å². The third-order valence-electron chi connectivity index (χ3n) is 3.31. The molecule has 0 aromatic rings. The Labute approximate surface area is 96.1 Å². The van der Waals surface area contributed by atoms with E-state index >= 15 is 0 Å². The standard InChI is InChI=1S/C13H18O3/c1-15-13(10-14)8-4-7-12(9-13)16-11-5-2-3-6-11/h4,7-8,10-11H,2-3,5-6,9H2,1H3. The van der Waals surface area contributed by atoms with Crippen molar-refractivity contribution in [3.8, 4) is 0 Å². The lowest BCUT2D eigenvalue weighted by Gasteiger charge is -2.28. The topological polar surface area (TPSA) is 35.5 Å². The molecule has 0 aliphatic heterocycles. The SMILES string of the molecule is COC1(C=O)C=CC=C(OC2CCCC2)C1. The molecule has 1 unspecified atom stereocenters. The third kappa shape index (κ3) is 2.35. The molecule has 0 saturated heterocycles. The van der Waals surface area contributed by atoms with Crippen LogP contribution in [0.4, 0.5) is 0 Å². The Hall–Kier alpha value is -1.09. The van der Waals surface area contributed by atoms with Crippen LogP contribution in [0.25, 0.3) is 0 Å². The normalized spacial score (nSPS) is 30.2. The molecule has 0 spiro atoms. The van der Waals surface area contributed by atoms with Gasteiger partial charge in [-0.25, -0.2) is 0 Å². The first-order chi connectivity index (χ1) is 7.78. The number of carbonyl (C=O) groups is 1. The van der Waals surface area contributed by atoms with Crippen molar-refractivity contribution in [1.29, 1.82) is 0 Å². The number of methoxy groups -OCH3 is 1. The van der Waals surface area contributed by atoms with Gasteiger partial charge in [0.25, 0.3) is 0 Å². The average Bonchev–Trinajstić information content (AvgIpc) is 2.82. The monoisotopic (exact) mass is 222 g/mol. The molecule has 0 amide bonds. The minimum Gasteiger partial charge on any atom is -0.495 e. The van der Waals surface area contributed by atoms with Crippen LogP contribution in [0.3, 0.4) is 0 Å². The van der Waals surface area contributed by atoms with E-state index in [0.717, 1.165) is 24.9 Å². The Morgan fingerprint density at radius 2 is 2.19 bits per heavy atom. The molecule has 0 radical (unpaired) electrons. The fraction of sp³-hybridized carbons (Fsp3) is 0.615. The first kappa shape index (κ1) is 11.4. The Morgan fingerprint density at radius 3 is 2.81 bits per heavy atom. The summed E-state index contributed by atoms with van der Waals surface area (Å²) >= 11 is 0. The molecular weight excluding hydrogens is 204 g/mol. The number of aldehydes is 1. The maximum Gasteiger partial charge on any atom is 0.156 e. The van der Waals surface area contributed by atoms with Crippen molar-refractivity contribution in [3.05, 3.63) is 24.0 Å². The fourth-order valence-corrected chi connectivity index (χ4v) is 2.28. The highest BCUT2D eigenvalue weighted by atomic mass is 16.5. The van der Waals surface area contributed by atoms with Gasteiger partial charge < -0.3 is 9.47 Å². The van der Waals surface area contributed by atoms with Crippen LogP contribution in [-0.4, -0.2) is 25.1 Å². The van der Waals surface area contributed by atoms with E-state index in [4.69, 9.17) is 9.47 Å². The highest BCUT2D eigenvalue weighted by Crippen LogP contribution is 2.30. The summed E-state index contributed by atoms with van der Waals surface area (Å²) in [7, 11) is 1.55. The van der Waals surface area contributed by atoms with Crippen LogP contribution in [0, 0.1) is 0 Å². The van der Waals surface area contributed by atoms with E-state index in [1.807, 2.05) is 12.2 Å². The molecule has 88 valence electrons. The van der Waals surface area contributed by atoms with Crippen molar-refractivity contribution in [3.63, 3.8) is 0 Å². The molecule has 0 N–H and O–H groups in total. The molecule has 1 fully saturated rings. The van der Waals surface area contributed by atoms with Crippen molar-refractivity contribution in [2.24, 2.45) is 0 Å². The first-order valence-electron chi connectivity index (χ1n) is 5.84. The summed E-state index contributed by atoms with van der Waals surface area (Å²) < 4.78 is 11.1. The Morgan fingerprint density at radius 1 is 1.44 bits per heavy atom. The fourth-order valence-electron chi connectivity index (χ4n) is 2.28. The zero-order valence-corrected chi connectivity index (χ0v) is 9.65. The molecule has 16 heavy (non-hydrogen) atoms. The first-order valence-corrected chi connectivity index (χ1v) is 5.84. The lowest BCUT2D eigenvalue weighted by Crippen LogP contribution is -2.33. The molecule has 3 heteroatoms. The van der Waals surface area contributed by atoms with Crippen molar-refractivity contribution in [1.82, 2.24) is 0 Å². The molecule has 3 nitrogen and oxygen atoms in total. The number of allylic oxidation sites excluding steroid dienone is 2. The minimum absolute atomic E-state index is 0.332. The van der Waals surface area contributed by atoms with Crippen LogP contribution in [0.5, 0.6) is 0 Å². The van der Waals surface area contributed by atoms with Crippen LogP contribution in [0.1, 0.15) is 32.1 Å². The summed E-state index contributed by atoms with van der Waals surface area (Å²) in [5.74, 6) is 0.864. The van der Waals surface area contributed by atoms with Gasteiger partial charge in [0.1, 0.15) is 11.4 Å². The summed E-state index contributed by atoms with van der Waals surface area (Å²) in [5.41, 5.74) is -0.817. The van der Waals surface area contributed by atoms with Crippen molar-refractivity contribution in [2.45, 2.75) is 43.8 Å². The number of hydrogen-bond acceptors (Lipinski definition) is 3. The quantitative estimate of drug-likeness (QED) is 0.685. The van der Waals surface area contributed by atoms with Gasteiger partial charge in [-0.05, 0) is 37.8 Å². The number of carbonyl (C=O) groups excluding carboxylic acids is 1. The molecule has 1 atom stereocenters. The summed E-state index contributed by atoms with van der Waals surface area (Å²) in [5, 5.41) is 0. The number of hydrogen-bond donors (Lipinski definition) is 0. The molecule has 0 heterocycles. The van der Waals surface area contributed by atoms with Gasteiger partial charge in [0, 0.05) is 13.5 Å². The smallest absolute Gasteiger partial charge is 0.156 e. The van der Waals surface area contributed by atoms with E-state index in [9.17, 15) is 4.79 Å². The molecule has 2 rings (SSSR count). The van der Waals surface area contributed by atoms with Crippen LogP contribution < -0.4 is 0 Å². The third-order valence-corrected chi connectivity index (χ3v) is 3.31. The summed E-state index contributed by atoms with van der Waals surface area (Å²) in [6, 6.07) is 0. The van der Waals surface area contributed by atoms with E-state index in [0.29, 0.717) is 12.5 Å². The Bertz CT molecular complexity index is 313. The van der Waals surface area contributed by atoms with E-state index in [1.54, 1.807) is 13.2 Å². The van der Waals surface area contributed by atoms with Crippen LogP contribution in [0.2, 0.25) is 0 Å². The molecule has 2 aliphatic carbocycles. The largest absolute Gasteiger partial charge is 0.495 e. The molecular formula is C13H18O3. The van der Waals surface area contributed by atoms with E-state index in [1.165, 1.54) is 12.8 Å². The van der Waals surface area contributed by atoms with Gasteiger partial charge in [0.15, 0.2) is 6.29 Å².